The summed E-state index contributed by atoms with van der Waals surface area (Å²) < 4.78 is 1.29. The highest BCUT2D eigenvalue weighted by molar-refractivity contribution is 5.87. The Balaban J connectivity index is 1.92. The Kier molecular flexibility index (Phi) is 3.77. The monoisotopic (exact) mass is 346 g/mol. The Hall–Kier alpha value is -3.81. The van der Waals surface area contributed by atoms with Crippen LogP contribution >= 0.6 is 0 Å². The van der Waals surface area contributed by atoms with E-state index in [1.807, 2.05) is 48.5 Å². The number of carboxylic acid groups (broad SMARTS) is 1. The molecule has 128 valence electrons. The molecule has 0 aliphatic rings. The standard InChI is InChI=1S/C18H14N6O2/c1-23-20-10-16(21-23)15-9-13(24-17(18(25)26)11-19-22-24)7-8-14(15)12-5-3-2-4-6-12/h2-11H,1H3,(H,25,26). The second-order valence-electron chi connectivity index (χ2n) is 5.65. The van der Waals surface area contributed by atoms with Gasteiger partial charge in [-0.2, -0.15) is 15.0 Å². The van der Waals surface area contributed by atoms with Gasteiger partial charge in [-0.25, -0.2) is 9.48 Å². The number of carbonyl (C=O) groups is 1. The van der Waals surface area contributed by atoms with Gasteiger partial charge in [0.05, 0.1) is 18.1 Å². The number of rotatable bonds is 4. The molecule has 8 nitrogen and oxygen atoms in total. The summed E-state index contributed by atoms with van der Waals surface area (Å²) in [6.07, 6.45) is 2.89. The van der Waals surface area contributed by atoms with Gasteiger partial charge < -0.3 is 5.11 Å². The summed E-state index contributed by atoms with van der Waals surface area (Å²) in [5.74, 6) is -1.09. The van der Waals surface area contributed by atoms with E-state index in [1.165, 1.54) is 15.7 Å². The number of aromatic nitrogens is 6. The van der Waals surface area contributed by atoms with E-state index >= 15 is 0 Å². The molecule has 8 heteroatoms. The second kappa shape index (κ2) is 6.25. The average Bonchev–Trinajstić information content (AvgIpc) is 3.31. The SMILES string of the molecule is Cn1ncc(-c2cc(-n3nncc3C(=O)O)ccc2-c2ccccc2)n1. The van der Waals surface area contributed by atoms with E-state index in [9.17, 15) is 9.90 Å². The highest BCUT2D eigenvalue weighted by Crippen LogP contribution is 2.32. The summed E-state index contributed by atoms with van der Waals surface area (Å²) in [4.78, 5) is 12.9. The van der Waals surface area contributed by atoms with Crippen LogP contribution < -0.4 is 0 Å². The predicted octanol–water partition coefficient (Wildman–Crippen LogP) is 2.43. The van der Waals surface area contributed by atoms with Gasteiger partial charge in [0, 0.05) is 12.6 Å². The minimum absolute atomic E-state index is 0.0115. The molecule has 0 aliphatic carbocycles. The van der Waals surface area contributed by atoms with Gasteiger partial charge in [0.1, 0.15) is 5.69 Å². The number of carboxylic acids is 1. The maximum absolute atomic E-state index is 11.4. The zero-order valence-corrected chi connectivity index (χ0v) is 13.8. The Bertz CT molecular complexity index is 1080. The van der Waals surface area contributed by atoms with Crippen LogP contribution in [-0.4, -0.2) is 41.1 Å². The minimum atomic E-state index is -1.09. The minimum Gasteiger partial charge on any atom is -0.476 e. The molecule has 2 aromatic heterocycles. The zero-order chi connectivity index (χ0) is 18.1. The van der Waals surface area contributed by atoms with Gasteiger partial charge in [-0.3, -0.25) is 0 Å². The summed E-state index contributed by atoms with van der Waals surface area (Å²) in [6.45, 7) is 0. The molecule has 2 heterocycles. The first-order chi connectivity index (χ1) is 12.6. The molecule has 4 aromatic rings. The summed E-state index contributed by atoms with van der Waals surface area (Å²) in [7, 11) is 1.75. The number of hydrogen-bond acceptors (Lipinski definition) is 5. The third-order valence-electron chi connectivity index (χ3n) is 3.98. The van der Waals surface area contributed by atoms with Crippen molar-refractivity contribution >= 4 is 5.97 Å². The van der Waals surface area contributed by atoms with E-state index in [0.717, 1.165) is 16.7 Å². The van der Waals surface area contributed by atoms with Gasteiger partial charge >= 0.3 is 5.97 Å². The molecule has 1 N–H and O–H groups in total. The molecule has 0 unspecified atom stereocenters. The van der Waals surface area contributed by atoms with Crippen LogP contribution in [-0.2, 0) is 7.05 Å². The van der Waals surface area contributed by atoms with Crippen LogP contribution in [0.5, 0.6) is 0 Å². The first-order valence-corrected chi connectivity index (χ1v) is 7.84. The molecule has 0 fully saturated rings. The Morgan fingerprint density at radius 2 is 1.85 bits per heavy atom. The van der Waals surface area contributed by atoms with Gasteiger partial charge in [-0.1, -0.05) is 41.6 Å². The number of aryl methyl sites for hydroxylation is 1. The summed E-state index contributed by atoms with van der Waals surface area (Å²) in [6, 6.07) is 15.5. The molecule has 0 saturated heterocycles. The topological polar surface area (TPSA) is 98.7 Å². The van der Waals surface area contributed by atoms with Crippen LogP contribution in [0.3, 0.4) is 0 Å². The van der Waals surface area contributed by atoms with Crippen molar-refractivity contribution in [1.29, 1.82) is 0 Å². The lowest BCUT2D eigenvalue weighted by Gasteiger charge is -2.11. The normalized spacial score (nSPS) is 10.8. The lowest BCUT2D eigenvalue weighted by molar-refractivity contribution is 0.0687. The predicted molar refractivity (Wildman–Crippen MR) is 93.8 cm³/mol. The van der Waals surface area contributed by atoms with Crippen molar-refractivity contribution in [2.45, 2.75) is 0 Å². The van der Waals surface area contributed by atoms with Crippen molar-refractivity contribution < 1.29 is 9.90 Å². The highest BCUT2D eigenvalue weighted by atomic mass is 16.4. The van der Waals surface area contributed by atoms with Crippen LogP contribution in [0.1, 0.15) is 10.5 Å². The van der Waals surface area contributed by atoms with Crippen molar-refractivity contribution in [2.75, 3.05) is 0 Å². The van der Waals surface area contributed by atoms with E-state index < -0.39 is 5.97 Å². The molecule has 0 spiro atoms. The van der Waals surface area contributed by atoms with Gasteiger partial charge in [-0.05, 0) is 23.3 Å². The lowest BCUT2D eigenvalue weighted by atomic mass is 9.97. The fourth-order valence-corrected chi connectivity index (χ4v) is 2.79. The first kappa shape index (κ1) is 15.7. The molecule has 4 rings (SSSR count). The maximum atomic E-state index is 11.4. The largest absolute Gasteiger partial charge is 0.476 e. The molecular weight excluding hydrogens is 332 g/mol. The third-order valence-corrected chi connectivity index (χ3v) is 3.98. The van der Waals surface area contributed by atoms with Crippen molar-refractivity contribution in [3.05, 3.63) is 66.6 Å². The van der Waals surface area contributed by atoms with Crippen LogP contribution in [0.15, 0.2) is 60.9 Å². The molecule has 0 atom stereocenters. The van der Waals surface area contributed by atoms with Gasteiger partial charge in [0.25, 0.3) is 0 Å². The quantitative estimate of drug-likeness (QED) is 0.609. The molecule has 26 heavy (non-hydrogen) atoms. The van der Waals surface area contributed by atoms with E-state index in [0.29, 0.717) is 11.4 Å². The maximum Gasteiger partial charge on any atom is 0.356 e. The smallest absolute Gasteiger partial charge is 0.356 e. The van der Waals surface area contributed by atoms with E-state index in [2.05, 4.69) is 20.5 Å². The molecule has 0 radical (unpaired) electrons. The van der Waals surface area contributed by atoms with Gasteiger partial charge in [0.15, 0.2) is 5.69 Å². The fourth-order valence-electron chi connectivity index (χ4n) is 2.79. The highest BCUT2D eigenvalue weighted by Gasteiger charge is 2.17. The number of aromatic carboxylic acids is 1. The number of nitrogens with zero attached hydrogens (tertiary/aromatic N) is 6. The summed E-state index contributed by atoms with van der Waals surface area (Å²) in [5, 5.41) is 25.4. The Morgan fingerprint density at radius 1 is 1.04 bits per heavy atom. The van der Waals surface area contributed by atoms with E-state index in [4.69, 9.17) is 0 Å². The molecule has 0 bridgehead atoms. The van der Waals surface area contributed by atoms with Gasteiger partial charge in [-0.15, -0.1) is 5.10 Å². The van der Waals surface area contributed by atoms with E-state index in [-0.39, 0.29) is 5.69 Å². The van der Waals surface area contributed by atoms with Gasteiger partial charge in [0.2, 0.25) is 0 Å². The lowest BCUT2D eigenvalue weighted by Crippen LogP contribution is -2.08. The second-order valence-corrected chi connectivity index (χ2v) is 5.65. The Morgan fingerprint density at radius 3 is 2.54 bits per heavy atom. The van der Waals surface area contributed by atoms with Crippen LogP contribution in [0, 0.1) is 0 Å². The molecule has 0 amide bonds. The summed E-state index contributed by atoms with van der Waals surface area (Å²) in [5.41, 5.74) is 4.07. The molecule has 0 saturated carbocycles. The van der Waals surface area contributed by atoms with Crippen LogP contribution in [0.4, 0.5) is 0 Å². The molecule has 0 aliphatic heterocycles. The van der Waals surface area contributed by atoms with Crippen molar-refractivity contribution in [3.63, 3.8) is 0 Å². The number of benzene rings is 2. The van der Waals surface area contributed by atoms with Crippen LogP contribution in [0.25, 0.3) is 28.1 Å². The van der Waals surface area contributed by atoms with Crippen molar-refractivity contribution in [2.24, 2.45) is 7.05 Å². The molecular formula is C18H14N6O2. The van der Waals surface area contributed by atoms with Crippen molar-refractivity contribution in [3.8, 4) is 28.1 Å². The fraction of sp³-hybridized carbons (Fsp3) is 0.0556. The first-order valence-electron chi connectivity index (χ1n) is 7.84. The Labute approximate surface area is 148 Å². The molecule has 2 aromatic carbocycles. The van der Waals surface area contributed by atoms with E-state index in [1.54, 1.807) is 13.2 Å². The summed E-state index contributed by atoms with van der Waals surface area (Å²) >= 11 is 0. The van der Waals surface area contributed by atoms with Crippen molar-refractivity contribution in [1.82, 2.24) is 30.0 Å². The number of hydrogen-bond donors (Lipinski definition) is 1. The zero-order valence-electron chi connectivity index (χ0n) is 13.8. The average molecular weight is 346 g/mol. The van der Waals surface area contributed by atoms with Crippen LogP contribution in [0.2, 0.25) is 0 Å². The third kappa shape index (κ3) is 2.73.